The molecular weight excluding hydrogens is 202 g/mol. The quantitative estimate of drug-likeness (QED) is 0.756. The van der Waals surface area contributed by atoms with Gasteiger partial charge in [0.05, 0.1) is 7.11 Å². The van der Waals surface area contributed by atoms with Crippen LogP contribution in [-0.2, 0) is 6.54 Å². The predicted octanol–water partition coefficient (Wildman–Crippen LogP) is 1.26. The molecule has 0 saturated carbocycles. The molecule has 0 aromatic carbocycles. The van der Waals surface area contributed by atoms with Crippen LogP contribution in [0.4, 0.5) is 0 Å². The zero-order valence-corrected chi connectivity index (χ0v) is 10.1. The summed E-state index contributed by atoms with van der Waals surface area (Å²) in [7, 11) is 1.65. The fourth-order valence-electron chi connectivity index (χ4n) is 1.74. The Morgan fingerprint density at radius 1 is 1.44 bits per heavy atom. The van der Waals surface area contributed by atoms with Crippen LogP contribution in [0.15, 0.2) is 18.3 Å². The second-order valence-electron chi connectivity index (χ2n) is 3.74. The molecule has 0 unspecified atom stereocenters. The van der Waals surface area contributed by atoms with Gasteiger partial charge >= 0.3 is 0 Å². The Kier molecular flexibility index (Phi) is 5.82. The highest BCUT2D eigenvalue weighted by Gasteiger charge is 2.08. The summed E-state index contributed by atoms with van der Waals surface area (Å²) in [4.78, 5) is 6.51. The van der Waals surface area contributed by atoms with Gasteiger partial charge in [-0.1, -0.05) is 13.0 Å². The van der Waals surface area contributed by atoms with Gasteiger partial charge in [-0.2, -0.15) is 0 Å². The van der Waals surface area contributed by atoms with E-state index in [1.807, 2.05) is 12.1 Å². The molecule has 0 atom stereocenters. The Bertz CT molecular complexity index is 298. The first-order chi connectivity index (χ1) is 7.81. The second-order valence-corrected chi connectivity index (χ2v) is 3.74. The molecule has 0 aliphatic carbocycles. The Morgan fingerprint density at radius 3 is 2.88 bits per heavy atom. The fraction of sp³-hybridized carbons (Fsp3) is 0.583. The fourth-order valence-corrected chi connectivity index (χ4v) is 1.74. The molecule has 0 aliphatic rings. The third kappa shape index (κ3) is 3.79. The average Bonchev–Trinajstić information content (AvgIpc) is 2.30. The van der Waals surface area contributed by atoms with Crippen LogP contribution in [0.1, 0.15) is 18.9 Å². The van der Waals surface area contributed by atoms with E-state index in [9.17, 15) is 0 Å². The number of rotatable bonds is 7. The van der Waals surface area contributed by atoms with E-state index >= 15 is 0 Å². The van der Waals surface area contributed by atoms with Crippen molar-refractivity contribution in [3.63, 3.8) is 0 Å². The van der Waals surface area contributed by atoms with Crippen molar-refractivity contribution in [1.82, 2.24) is 9.88 Å². The summed E-state index contributed by atoms with van der Waals surface area (Å²) in [5.41, 5.74) is 6.71. The lowest BCUT2D eigenvalue weighted by molar-refractivity contribution is 0.267. The number of ether oxygens (including phenoxy) is 1. The number of aromatic nitrogens is 1. The largest absolute Gasteiger partial charge is 0.481 e. The topological polar surface area (TPSA) is 51.4 Å². The Morgan fingerprint density at radius 2 is 2.25 bits per heavy atom. The third-order valence-electron chi connectivity index (χ3n) is 2.42. The third-order valence-corrected chi connectivity index (χ3v) is 2.42. The van der Waals surface area contributed by atoms with Crippen molar-refractivity contribution in [3.8, 4) is 5.88 Å². The first-order valence-electron chi connectivity index (χ1n) is 5.72. The lowest BCUT2D eigenvalue weighted by Crippen LogP contribution is -2.30. The van der Waals surface area contributed by atoms with E-state index in [1.165, 1.54) is 0 Å². The highest BCUT2D eigenvalue weighted by atomic mass is 16.5. The van der Waals surface area contributed by atoms with Crippen molar-refractivity contribution in [1.29, 1.82) is 0 Å². The molecule has 0 fully saturated rings. The Hall–Kier alpha value is -1.13. The summed E-state index contributed by atoms with van der Waals surface area (Å²) in [5, 5.41) is 0. The maximum absolute atomic E-state index is 5.60. The zero-order valence-electron chi connectivity index (χ0n) is 10.1. The molecule has 1 rings (SSSR count). The lowest BCUT2D eigenvalue weighted by Gasteiger charge is -2.21. The van der Waals surface area contributed by atoms with Gasteiger partial charge in [0.2, 0.25) is 5.88 Å². The molecule has 4 heteroatoms. The smallest absolute Gasteiger partial charge is 0.217 e. The molecule has 1 aromatic rings. The molecule has 1 aromatic heterocycles. The molecule has 0 spiro atoms. The SMILES string of the molecule is CCCN(CCN)Cc1cccnc1OC. The highest BCUT2D eigenvalue weighted by molar-refractivity contribution is 5.25. The first-order valence-corrected chi connectivity index (χ1v) is 5.72. The van der Waals surface area contributed by atoms with E-state index in [1.54, 1.807) is 13.3 Å². The molecule has 1 heterocycles. The van der Waals surface area contributed by atoms with Crippen LogP contribution in [0.5, 0.6) is 5.88 Å². The van der Waals surface area contributed by atoms with Gasteiger partial charge in [-0.3, -0.25) is 4.90 Å². The zero-order chi connectivity index (χ0) is 11.8. The molecule has 2 N–H and O–H groups in total. The highest BCUT2D eigenvalue weighted by Crippen LogP contribution is 2.15. The Labute approximate surface area is 97.4 Å². The maximum Gasteiger partial charge on any atom is 0.217 e. The van der Waals surface area contributed by atoms with Gasteiger partial charge in [0, 0.05) is 31.4 Å². The number of pyridine rings is 1. The maximum atomic E-state index is 5.60. The van der Waals surface area contributed by atoms with Crippen LogP contribution >= 0.6 is 0 Å². The minimum Gasteiger partial charge on any atom is -0.481 e. The van der Waals surface area contributed by atoms with E-state index in [0.29, 0.717) is 12.4 Å². The number of nitrogens with zero attached hydrogens (tertiary/aromatic N) is 2. The molecule has 0 amide bonds. The molecule has 0 bridgehead atoms. The standard InChI is InChI=1S/C12H21N3O/c1-3-8-15(9-6-13)10-11-5-4-7-14-12(11)16-2/h4-5,7H,3,6,8-10,13H2,1-2H3. The minimum absolute atomic E-state index is 0.683. The molecule has 16 heavy (non-hydrogen) atoms. The van der Waals surface area contributed by atoms with Gasteiger partial charge < -0.3 is 10.5 Å². The molecule has 0 radical (unpaired) electrons. The van der Waals surface area contributed by atoms with Crippen molar-refractivity contribution < 1.29 is 4.74 Å². The van der Waals surface area contributed by atoms with Crippen LogP contribution in [0.2, 0.25) is 0 Å². The van der Waals surface area contributed by atoms with Crippen molar-refractivity contribution >= 4 is 0 Å². The lowest BCUT2D eigenvalue weighted by atomic mass is 10.2. The van der Waals surface area contributed by atoms with Gasteiger partial charge in [0.25, 0.3) is 0 Å². The van der Waals surface area contributed by atoms with Gasteiger partial charge in [0.15, 0.2) is 0 Å². The number of hydrogen-bond acceptors (Lipinski definition) is 4. The molecule has 90 valence electrons. The second kappa shape index (κ2) is 7.19. The van der Waals surface area contributed by atoms with Crippen molar-refractivity contribution in [2.45, 2.75) is 19.9 Å². The average molecular weight is 223 g/mol. The van der Waals surface area contributed by atoms with Crippen molar-refractivity contribution in [2.75, 3.05) is 26.7 Å². The van der Waals surface area contributed by atoms with Gasteiger partial charge in [-0.15, -0.1) is 0 Å². The summed E-state index contributed by atoms with van der Waals surface area (Å²) in [6.07, 6.45) is 2.87. The van der Waals surface area contributed by atoms with Crippen LogP contribution in [-0.4, -0.2) is 36.6 Å². The molecule has 4 nitrogen and oxygen atoms in total. The molecular formula is C12H21N3O. The normalized spacial score (nSPS) is 10.8. The van der Waals surface area contributed by atoms with E-state index in [4.69, 9.17) is 10.5 Å². The molecule has 0 saturated heterocycles. The van der Waals surface area contributed by atoms with Crippen molar-refractivity contribution in [2.24, 2.45) is 5.73 Å². The van der Waals surface area contributed by atoms with Crippen LogP contribution in [0, 0.1) is 0 Å². The number of hydrogen-bond donors (Lipinski definition) is 1. The Balaban J connectivity index is 2.67. The summed E-state index contributed by atoms with van der Waals surface area (Å²) < 4.78 is 5.23. The summed E-state index contributed by atoms with van der Waals surface area (Å²) >= 11 is 0. The summed E-state index contributed by atoms with van der Waals surface area (Å²) in [6.45, 7) is 5.66. The summed E-state index contributed by atoms with van der Waals surface area (Å²) in [5.74, 6) is 0.709. The predicted molar refractivity (Wildman–Crippen MR) is 65.4 cm³/mol. The summed E-state index contributed by atoms with van der Waals surface area (Å²) in [6, 6.07) is 3.98. The molecule has 0 aliphatic heterocycles. The van der Waals surface area contributed by atoms with E-state index in [0.717, 1.165) is 31.6 Å². The first kappa shape index (κ1) is 12.9. The minimum atomic E-state index is 0.683. The van der Waals surface area contributed by atoms with Gasteiger partial charge in [-0.25, -0.2) is 4.98 Å². The van der Waals surface area contributed by atoms with E-state index in [2.05, 4.69) is 16.8 Å². The van der Waals surface area contributed by atoms with E-state index < -0.39 is 0 Å². The van der Waals surface area contributed by atoms with Crippen LogP contribution in [0.3, 0.4) is 0 Å². The van der Waals surface area contributed by atoms with Crippen LogP contribution < -0.4 is 10.5 Å². The monoisotopic (exact) mass is 223 g/mol. The van der Waals surface area contributed by atoms with Crippen molar-refractivity contribution in [3.05, 3.63) is 23.9 Å². The number of nitrogens with two attached hydrogens (primary N) is 1. The van der Waals surface area contributed by atoms with E-state index in [-0.39, 0.29) is 0 Å². The van der Waals surface area contributed by atoms with Crippen LogP contribution in [0.25, 0.3) is 0 Å². The van der Waals surface area contributed by atoms with Gasteiger partial charge in [0.1, 0.15) is 0 Å². The van der Waals surface area contributed by atoms with Gasteiger partial charge in [-0.05, 0) is 19.0 Å². The number of methoxy groups -OCH3 is 1.